The molecule has 0 radical (unpaired) electrons. The third-order valence-corrected chi connectivity index (χ3v) is 4.72. The molecular weight excluding hydrogens is 385 g/mol. The first-order valence-electron chi connectivity index (χ1n) is 5.20. The summed E-state index contributed by atoms with van der Waals surface area (Å²) in [5, 5.41) is -4.30. The third-order valence-electron chi connectivity index (χ3n) is 3.50. The molecule has 0 heterocycles. The van der Waals surface area contributed by atoms with Crippen molar-refractivity contribution in [1.82, 2.24) is 0 Å². The molecule has 1 aliphatic rings. The van der Waals surface area contributed by atoms with E-state index in [0.29, 0.717) is 0 Å². The van der Waals surface area contributed by atoms with Gasteiger partial charge in [-0.05, 0) is 6.92 Å². The maximum absolute atomic E-state index is 14.0. The van der Waals surface area contributed by atoms with Gasteiger partial charge in [0.2, 0.25) is 0 Å². The molecule has 1 rings (SSSR count). The average molecular weight is 390 g/mol. The second kappa shape index (κ2) is 4.40. The standard InChI is InChI=1S/C8H5F11O3S/c1-2(23(20,21)22)3(9)4(10,11)6(14,15)8(18,19)7(16,17)5(3,12)13/h2H,1H3,(H,20,21,22). The third kappa shape index (κ3) is 1.83. The molecule has 1 saturated carbocycles. The highest BCUT2D eigenvalue weighted by molar-refractivity contribution is 7.86. The first-order valence-corrected chi connectivity index (χ1v) is 6.70. The second-order valence-corrected chi connectivity index (χ2v) is 6.48. The molecule has 0 aromatic heterocycles. The minimum Gasteiger partial charge on any atom is -0.285 e. The van der Waals surface area contributed by atoms with Gasteiger partial charge in [0.1, 0.15) is 5.25 Å². The van der Waals surface area contributed by atoms with Crippen molar-refractivity contribution >= 4 is 10.1 Å². The van der Waals surface area contributed by atoms with E-state index in [1.807, 2.05) is 0 Å². The number of alkyl halides is 11. The molecule has 1 atom stereocenters. The van der Waals surface area contributed by atoms with Crippen LogP contribution in [0.3, 0.4) is 0 Å². The molecule has 1 N–H and O–H groups in total. The predicted molar refractivity (Wildman–Crippen MR) is 49.6 cm³/mol. The smallest absolute Gasteiger partial charge is 0.285 e. The van der Waals surface area contributed by atoms with Gasteiger partial charge in [0.25, 0.3) is 15.8 Å². The fourth-order valence-corrected chi connectivity index (χ4v) is 2.67. The Hall–Kier alpha value is -0.860. The Balaban J connectivity index is 3.97. The molecule has 1 aliphatic carbocycles. The van der Waals surface area contributed by atoms with Gasteiger partial charge in [-0.25, -0.2) is 4.39 Å². The molecule has 138 valence electrons. The number of rotatable bonds is 2. The van der Waals surface area contributed by atoms with E-state index in [0.717, 1.165) is 0 Å². The molecule has 1 fully saturated rings. The normalized spacial score (nSPS) is 31.3. The molecule has 0 aromatic carbocycles. The molecule has 0 aliphatic heterocycles. The quantitative estimate of drug-likeness (QED) is 0.582. The Bertz CT molecular complexity index is 581. The average Bonchev–Trinajstić information content (AvgIpc) is 2.33. The summed E-state index contributed by atoms with van der Waals surface area (Å²) in [6.07, 6.45) is 0. The summed E-state index contributed by atoms with van der Waals surface area (Å²) < 4.78 is 175. The van der Waals surface area contributed by atoms with Crippen molar-refractivity contribution in [2.75, 3.05) is 0 Å². The van der Waals surface area contributed by atoms with Crippen LogP contribution < -0.4 is 0 Å². The molecule has 15 heteroatoms. The van der Waals surface area contributed by atoms with Gasteiger partial charge < -0.3 is 0 Å². The lowest BCUT2D eigenvalue weighted by Crippen LogP contribution is -2.86. The largest absolute Gasteiger partial charge is 0.384 e. The van der Waals surface area contributed by atoms with Crippen LogP contribution >= 0.6 is 0 Å². The molecule has 0 amide bonds. The van der Waals surface area contributed by atoms with Crippen molar-refractivity contribution in [2.24, 2.45) is 0 Å². The summed E-state index contributed by atoms with van der Waals surface area (Å²) in [5.41, 5.74) is -6.75. The lowest BCUT2D eigenvalue weighted by atomic mass is 9.71. The zero-order valence-electron chi connectivity index (χ0n) is 10.4. The lowest BCUT2D eigenvalue weighted by Gasteiger charge is -2.53. The molecule has 0 spiro atoms. The highest BCUT2D eigenvalue weighted by atomic mass is 32.2. The van der Waals surface area contributed by atoms with Crippen molar-refractivity contribution < 1.29 is 61.3 Å². The summed E-state index contributed by atoms with van der Waals surface area (Å²) in [7, 11) is -6.39. The lowest BCUT2D eigenvalue weighted by molar-refractivity contribution is -0.484. The Morgan fingerprint density at radius 1 is 0.652 bits per heavy atom. The van der Waals surface area contributed by atoms with Gasteiger partial charge in [-0.1, -0.05) is 0 Å². The van der Waals surface area contributed by atoms with Crippen LogP contribution in [0, 0.1) is 0 Å². The number of hydrogen-bond acceptors (Lipinski definition) is 2. The van der Waals surface area contributed by atoms with Gasteiger partial charge in [0.15, 0.2) is 0 Å². The molecule has 23 heavy (non-hydrogen) atoms. The predicted octanol–water partition coefficient (Wildman–Crippen LogP) is 3.16. The second-order valence-electron chi connectivity index (χ2n) is 4.74. The van der Waals surface area contributed by atoms with Crippen molar-refractivity contribution in [1.29, 1.82) is 0 Å². The van der Waals surface area contributed by atoms with Crippen molar-refractivity contribution in [3.05, 3.63) is 0 Å². The Morgan fingerprint density at radius 3 is 1.09 bits per heavy atom. The van der Waals surface area contributed by atoms with Crippen LogP contribution in [0.1, 0.15) is 6.92 Å². The van der Waals surface area contributed by atoms with E-state index in [1.54, 1.807) is 0 Å². The van der Waals surface area contributed by atoms with E-state index in [-0.39, 0.29) is 0 Å². The van der Waals surface area contributed by atoms with Crippen molar-refractivity contribution in [3.63, 3.8) is 0 Å². The summed E-state index contributed by atoms with van der Waals surface area (Å²) in [6, 6.07) is 0. The summed E-state index contributed by atoms with van der Waals surface area (Å²) in [5.74, 6) is -36.8. The first-order chi connectivity index (χ1) is 9.65. The Morgan fingerprint density at radius 2 is 0.870 bits per heavy atom. The fourth-order valence-electron chi connectivity index (χ4n) is 1.96. The van der Waals surface area contributed by atoms with E-state index < -0.39 is 57.6 Å². The highest BCUT2D eigenvalue weighted by Crippen LogP contribution is 2.70. The van der Waals surface area contributed by atoms with Gasteiger partial charge >= 0.3 is 29.6 Å². The maximum atomic E-state index is 14.0. The van der Waals surface area contributed by atoms with Crippen LogP contribution in [-0.2, 0) is 10.1 Å². The van der Waals surface area contributed by atoms with Crippen molar-refractivity contribution in [2.45, 2.75) is 47.5 Å². The molecule has 0 saturated heterocycles. The molecule has 0 aromatic rings. The molecule has 0 bridgehead atoms. The fraction of sp³-hybridized carbons (Fsp3) is 1.00. The van der Waals surface area contributed by atoms with Crippen LogP contribution in [0.4, 0.5) is 48.3 Å². The number of hydrogen-bond donors (Lipinski definition) is 1. The SMILES string of the molecule is CC(C1(F)C(F)(F)C(F)(F)C(F)(F)C(F)(F)C1(F)F)S(=O)(=O)O. The number of halogens is 11. The molecule has 3 nitrogen and oxygen atoms in total. The summed E-state index contributed by atoms with van der Waals surface area (Å²) >= 11 is 0. The minimum absolute atomic E-state index is 0.577. The molecule has 1 unspecified atom stereocenters. The topological polar surface area (TPSA) is 54.4 Å². The van der Waals surface area contributed by atoms with Crippen molar-refractivity contribution in [3.8, 4) is 0 Å². The zero-order valence-corrected chi connectivity index (χ0v) is 11.2. The van der Waals surface area contributed by atoms with Gasteiger partial charge in [-0.3, -0.25) is 4.55 Å². The van der Waals surface area contributed by atoms with Gasteiger partial charge in [0, 0.05) is 0 Å². The van der Waals surface area contributed by atoms with E-state index in [2.05, 4.69) is 0 Å². The van der Waals surface area contributed by atoms with Gasteiger partial charge in [-0.2, -0.15) is 52.3 Å². The monoisotopic (exact) mass is 390 g/mol. The van der Waals surface area contributed by atoms with Crippen LogP contribution in [-0.4, -0.2) is 53.5 Å². The van der Waals surface area contributed by atoms with Crippen LogP contribution in [0.15, 0.2) is 0 Å². The van der Waals surface area contributed by atoms with E-state index in [9.17, 15) is 56.7 Å². The zero-order chi connectivity index (χ0) is 19.1. The van der Waals surface area contributed by atoms with E-state index in [4.69, 9.17) is 4.55 Å². The summed E-state index contributed by atoms with van der Waals surface area (Å²) in [4.78, 5) is 0. The van der Waals surface area contributed by atoms with Gasteiger partial charge in [0.05, 0.1) is 0 Å². The Labute approximate surface area is 120 Å². The first kappa shape index (κ1) is 20.2. The van der Waals surface area contributed by atoms with Gasteiger partial charge in [-0.15, -0.1) is 0 Å². The molecular formula is C8H5F11O3S. The van der Waals surface area contributed by atoms with Crippen LogP contribution in [0.25, 0.3) is 0 Å². The maximum Gasteiger partial charge on any atom is 0.384 e. The van der Waals surface area contributed by atoms with Crippen LogP contribution in [0.2, 0.25) is 0 Å². The van der Waals surface area contributed by atoms with E-state index in [1.165, 1.54) is 0 Å². The highest BCUT2D eigenvalue weighted by Gasteiger charge is 3.02. The summed E-state index contributed by atoms with van der Waals surface area (Å²) in [6.45, 7) is -0.577. The Kier molecular flexibility index (Phi) is 3.86. The van der Waals surface area contributed by atoms with Crippen LogP contribution in [0.5, 0.6) is 0 Å². The van der Waals surface area contributed by atoms with E-state index >= 15 is 0 Å². The minimum atomic E-state index is -7.43.